The van der Waals surface area contributed by atoms with Gasteiger partial charge in [-0.15, -0.1) is 0 Å². The molecule has 0 fully saturated rings. The molecule has 3 nitrogen and oxygen atoms in total. The van der Waals surface area contributed by atoms with Crippen molar-refractivity contribution in [2.45, 2.75) is 27.7 Å². The summed E-state index contributed by atoms with van der Waals surface area (Å²) in [5, 5.41) is 8.94. The maximum absolute atomic E-state index is 4.84. The van der Waals surface area contributed by atoms with E-state index in [1.807, 2.05) is 0 Å². The van der Waals surface area contributed by atoms with Gasteiger partial charge in [-0.3, -0.25) is 0 Å². The van der Waals surface area contributed by atoms with Gasteiger partial charge in [0.2, 0.25) is 0 Å². The summed E-state index contributed by atoms with van der Waals surface area (Å²) in [5.41, 5.74) is 9.25. The van der Waals surface area contributed by atoms with Gasteiger partial charge in [-0.2, -0.15) is 0 Å². The second-order valence-corrected chi connectivity index (χ2v) is 9.38. The Labute approximate surface area is 166 Å². The van der Waals surface area contributed by atoms with Crippen molar-refractivity contribution >= 4 is 35.7 Å². The minimum atomic E-state index is -0.255. The summed E-state index contributed by atoms with van der Waals surface area (Å²) in [6.07, 6.45) is 0. The third-order valence-corrected chi connectivity index (χ3v) is 6.76. The predicted molar refractivity (Wildman–Crippen MR) is 113 cm³/mol. The zero-order chi connectivity index (χ0) is 19.0. The van der Waals surface area contributed by atoms with Crippen LogP contribution in [0.4, 0.5) is 0 Å². The van der Waals surface area contributed by atoms with Crippen LogP contribution in [0.3, 0.4) is 0 Å². The van der Waals surface area contributed by atoms with Gasteiger partial charge in [0.05, 0.1) is 0 Å². The second-order valence-electron chi connectivity index (χ2n) is 6.99. The number of nitrogens with zero attached hydrogens (tertiary/aromatic N) is 3. The Hall–Kier alpha value is -2.51. The molecule has 0 saturated heterocycles. The van der Waals surface area contributed by atoms with Gasteiger partial charge in [-0.05, 0) is 0 Å². The molecule has 1 radical (unpaired) electrons. The minimum absolute atomic E-state index is 0.255. The van der Waals surface area contributed by atoms with Crippen molar-refractivity contribution < 1.29 is 0 Å². The van der Waals surface area contributed by atoms with E-state index in [9.17, 15) is 0 Å². The number of rotatable bonds is 3. The quantitative estimate of drug-likeness (QED) is 0.481. The van der Waals surface area contributed by atoms with Crippen LogP contribution in [0.2, 0.25) is 0 Å². The summed E-state index contributed by atoms with van der Waals surface area (Å²) in [4.78, 5) is 4.84. The van der Waals surface area contributed by atoms with Crippen molar-refractivity contribution in [3.63, 3.8) is 0 Å². The SMILES string of the molecule is Cc1ccc([As]c2nnc3cc(-c4c(C)cccc4C)cc(C)c3n2)cc1. The number of aromatic nitrogens is 3. The molecular weight excluding hydrogens is 393 g/mol. The van der Waals surface area contributed by atoms with Crippen molar-refractivity contribution in [1.29, 1.82) is 0 Å². The molecule has 3 aromatic carbocycles. The molecule has 27 heavy (non-hydrogen) atoms. The molecule has 0 unspecified atom stereocenters. The molecule has 4 heteroatoms. The molecule has 1 heterocycles. The molecule has 133 valence electrons. The molecule has 1 aromatic heterocycles. The van der Waals surface area contributed by atoms with Crippen molar-refractivity contribution in [3.05, 3.63) is 76.9 Å². The first kappa shape index (κ1) is 17.9. The Morgan fingerprint density at radius 1 is 0.741 bits per heavy atom. The first-order valence-corrected chi connectivity index (χ1v) is 10.9. The number of hydrogen-bond donors (Lipinski definition) is 0. The fraction of sp³-hybridized carbons (Fsp3) is 0.174. The van der Waals surface area contributed by atoms with Crippen LogP contribution >= 0.6 is 0 Å². The van der Waals surface area contributed by atoms with E-state index >= 15 is 0 Å². The molecule has 0 aliphatic carbocycles. The molecule has 4 aromatic rings. The van der Waals surface area contributed by atoms with Gasteiger partial charge in [0, 0.05) is 0 Å². The molecule has 0 N–H and O–H groups in total. The van der Waals surface area contributed by atoms with Gasteiger partial charge >= 0.3 is 167 Å². The normalized spacial score (nSPS) is 11.6. The molecule has 0 aliphatic heterocycles. The summed E-state index contributed by atoms with van der Waals surface area (Å²) in [5.74, 6) is 0. The van der Waals surface area contributed by atoms with Crippen LogP contribution in [0.25, 0.3) is 22.2 Å². The van der Waals surface area contributed by atoms with Crippen molar-refractivity contribution in [2.24, 2.45) is 0 Å². The van der Waals surface area contributed by atoms with E-state index in [0.717, 1.165) is 21.2 Å². The van der Waals surface area contributed by atoms with E-state index in [0.29, 0.717) is 0 Å². The monoisotopic (exact) mass is 414 g/mol. The first-order chi connectivity index (χ1) is 13.0. The van der Waals surface area contributed by atoms with E-state index < -0.39 is 0 Å². The van der Waals surface area contributed by atoms with Crippen molar-refractivity contribution in [1.82, 2.24) is 15.2 Å². The van der Waals surface area contributed by atoms with E-state index in [2.05, 4.69) is 92.5 Å². The van der Waals surface area contributed by atoms with Crippen LogP contribution < -0.4 is 8.96 Å². The molecule has 0 atom stereocenters. The standard InChI is InChI=1S/C23H21AsN3/c1-14-8-10-19(11-9-14)24-23-25-22-17(4)12-18(13-20(22)26-27-23)21-15(2)6-5-7-16(21)3/h5-13H,1-4H3. The number of aryl methyl sites for hydroxylation is 4. The molecule has 0 bridgehead atoms. The Morgan fingerprint density at radius 2 is 1.44 bits per heavy atom. The van der Waals surface area contributed by atoms with Crippen LogP contribution in [0.5, 0.6) is 0 Å². The fourth-order valence-corrected chi connectivity index (χ4v) is 5.01. The van der Waals surface area contributed by atoms with Crippen LogP contribution in [0, 0.1) is 27.7 Å². The third kappa shape index (κ3) is 3.65. The Morgan fingerprint density at radius 3 is 2.15 bits per heavy atom. The van der Waals surface area contributed by atoms with Gasteiger partial charge in [-0.1, -0.05) is 0 Å². The zero-order valence-corrected chi connectivity index (χ0v) is 17.9. The number of fused-ring (bicyclic) bond motifs is 1. The molecule has 0 spiro atoms. The average Bonchev–Trinajstić information content (AvgIpc) is 2.64. The predicted octanol–water partition coefficient (Wildman–Crippen LogP) is 3.58. The molecular formula is C23H21AsN3. The van der Waals surface area contributed by atoms with Gasteiger partial charge in [0.15, 0.2) is 0 Å². The third-order valence-electron chi connectivity index (χ3n) is 4.77. The average molecular weight is 414 g/mol. The van der Waals surface area contributed by atoms with Crippen LogP contribution in [0.15, 0.2) is 54.6 Å². The van der Waals surface area contributed by atoms with E-state index in [1.165, 1.54) is 32.2 Å². The van der Waals surface area contributed by atoms with E-state index in [-0.39, 0.29) is 15.8 Å². The first-order valence-electron chi connectivity index (χ1n) is 9.01. The molecule has 4 rings (SSSR count). The van der Waals surface area contributed by atoms with Gasteiger partial charge < -0.3 is 0 Å². The Balaban J connectivity index is 1.75. The summed E-state index contributed by atoms with van der Waals surface area (Å²) in [6.45, 7) is 8.52. The number of hydrogen-bond acceptors (Lipinski definition) is 3. The van der Waals surface area contributed by atoms with Gasteiger partial charge in [0.25, 0.3) is 0 Å². The van der Waals surface area contributed by atoms with Gasteiger partial charge in [0.1, 0.15) is 0 Å². The van der Waals surface area contributed by atoms with E-state index in [4.69, 9.17) is 4.98 Å². The summed E-state index contributed by atoms with van der Waals surface area (Å²) >= 11 is -0.255. The Kier molecular flexibility index (Phi) is 4.80. The Bertz CT molecular complexity index is 1110. The van der Waals surface area contributed by atoms with E-state index in [1.54, 1.807) is 0 Å². The van der Waals surface area contributed by atoms with Crippen LogP contribution in [-0.2, 0) is 0 Å². The maximum atomic E-state index is 4.84. The zero-order valence-electron chi connectivity index (χ0n) is 16.0. The summed E-state index contributed by atoms with van der Waals surface area (Å²) < 4.78 is 2.15. The number of benzene rings is 3. The van der Waals surface area contributed by atoms with Crippen LogP contribution in [-0.4, -0.2) is 30.9 Å². The molecule has 0 saturated carbocycles. The van der Waals surface area contributed by atoms with Crippen molar-refractivity contribution in [3.8, 4) is 11.1 Å². The molecule has 0 amide bonds. The fourth-order valence-electron chi connectivity index (χ4n) is 3.40. The summed E-state index contributed by atoms with van der Waals surface area (Å²) in [6, 6.07) is 19.4. The van der Waals surface area contributed by atoms with Gasteiger partial charge in [-0.25, -0.2) is 0 Å². The second kappa shape index (κ2) is 7.25. The van der Waals surface area contributed by atoms with Crippen LogP contribution in [0.1, 0.15) is 22.3 Å². The van der Waals surface area contributed by atoms with Crippen molar-refractivity contribution in [2.75, 3.05) is 0 Å². The topological polar surface area (TPSA) is 38.7 Å². The molecule has 0 aliphatic rings. The summed E-state index contributed by atoms with van der Waals surface area (Å²) in [7, 11) is 0.